The molecule has 5 nitrogen and oxygen atoms in total. The molecule has 122 valence electrons. The van der Waals surface area contributed by atoms with Crippen LogP contribution in [0.1, 0.15) is 29.6 Å². The zero-order valence-corrected chi connectivity index (χ0v) is 14.0. The predicted octanol–water partition coefficient (Wildman–Crippen LogP) is 2.26. The van der Waals surface area contributed by atoms with Crippen molar-refractivity contribution in [2.75, 3.05) is 41.4 Å². The summed E-state index contributed by atoms with van der Waals surface area (Å²) in [5, 5.41) is 0. The summed E-state index contributed by atoms with van der Waals surface area (Å²) < 4.78 is 10.5. The number of likely N-dealkylation sites (tertiary alicyclic amines) is 1. The maximum Gasteiger partial charge on any atom is 0.254 e. The Morgan fingerprint density at radius 1 is 1.23 bits per heavy atom. The summed E-state index contributed by atoms with van der Waals surface area (Å²) in [5.41, 5.74) is 0.656. The Bertz CT molecular complexity index is 517. The van der Waals surface area contributed by atoms with Crippen molar-refractivity contribution < 1.29 is 14.3 Å². The number of amides is 1. The molecule has 0 saturated carbocycles. The topological polar surface area (TPSA) is 42.0 Å². The molecule has 1 aromatic carbocycles. The van der Waals surface area contributed by atoms with Gasteiger partial charge < -0.3 is 19.3 Å². The van der Waals surface area contributed by atoms with E-state index in [0.717, 1.165) is 25.9 Å². The van der Waals surface area contributed by atoms with E-state index < -0.39 is 0 Å². The van der Waals surface area contributed by atoms with Crippen LogP contribution < -0.4 is 9.47 Å². The molecular weight excluding hydrogens is 280 g/mol. The lowest BCUT2D eigenvalue weighted by Crippen LogP contribution is -2.48. The standard InChI is InChI=1S/C17H26N2O3/c1-18(2)12-14-7-5-6-10-19(14)17(20)13-8-9-15(21-3)16(11-13)22-4/h8-9,11,14H,5-7,10,12H2,1-4H3. The predicted molar refractivity (Wildman–Crippen MR) is 86.8 cm³/mol. The van der Waals surface area contributed by atoms with E-state index in [2.05, 4.69) is 4.90 Å². The highest BCUT2D eigenvalue weighted by Gasteiger charge is 2.28. The zero-order valence-electron chi connectivity index (χ0n) is 14.0. The minimum absolute atomic E-state index is 0.0764. The van der Waals surface area contributed by atoms with Crippen LogP contribution in [0.15, 0.2) is 18.2 Å². The van der Waals surface area contributed by atoms with E-state index >= 15 is 0 Å². The monoisotopic (exact) mass is 306 g/mol. The lowest BCUT2D eigenvalue weighted by Gasteiger charge is -2.37. The SMILES string of the molecule is COc1ccc(C(=O)N2CCCCC2CN(C)C)cc1OC. The highest BCUT2D eigenvalue weighted by atomic mass is 16.5. The summed E-state index contributed by atoms with van der Waals surface area (Å²) in [6.45, 7) is 1.73. The second-order valence-electron chi connectivity index (χ2n) is 5.98. The molecular formula is C17H26N2O3. The number of carbonyl (C=O) groups is 1. The Morgan fingerprint density at radius 3 is 2.59 bits per heavy atom. The van der Waals surface area contributed by atoms with Crippen LogP contribution in [0.5, 0.6) is 11.5 Å². The summed E-state index contributed by atoms with van der Waals surface area (Å²) in [5.74, 6) is 1.31. The third-order valence-electron chi connectivity index (χ3n) is 4.09. The van der Waals surface area contributed by atoms with Gasteiger partial charge in [0.15, 0.2) is 11.5 Å². The highest BCUT2D eigenvalue weighted by molar-refractivity contribution is 5.95. The van der Waals surface area contributed by atoms with Crippen LogP contribution in [0.25, 0.3) is 0 Å². The number of piperidine rings is 1. The van der Waals surface area contributed by atoms with Gasteiger partial charge in [-0.25, -0.2) is 0 Å². The molecule has 1 saturated heterocycles. The third kappa shape index (κ3) is 3.71. The van der Waals surface area contributed by atoms with Crippen molar-refractivity contribution >= 4 is 5.91 Å². The molecule has 2 rings (SSSR count). The Morgan fingerprint density at radius 2 is 1.95 bits per heavy atom. The van der Waals surface area contributed by atoms with E-state index in [1.54, 1.807) is 26.4 Å². The van der Waals surface area contributed by atoms with Gasteiger partial charge in [-0.05, 0) is 51.6 Å². The fourth-order valence-corrected chi connectivity index (χ4v) is 3.01. The van der Waals surface area contributed by atoms with Gasteiger partial charge in [-0.15, -0.1) is 0 Å². The van der Waals surface area contributed by atoms with Crippen molar-refractivity contribution in [2.24, 2.45) is 0 Å². The van der Waals surface area contributed by atoms with Gasteiger partial charge in [0.2, 0.25) is 0 Å². The smallest absolute Gasteiger partial charge is 0.254 e. The third-order valence-corrected chi connectivity index (χ3v) is 4.09. The lowest BCUT2D eigenvalue weighted by molar-refractivity contribution is 0.0574. The average Bonchev–Trinajstić information content (AvgIpc) is 2.53. The number of methoxy groups -OCH3 is 2. The van der Waals surface area contributed by atoms with Crippen LogP contribution in [-0.4, -0.2) is 63.2 Å². The van der Waals surface area contributed by atoms with Crippen LogP contribution >= 0.6 is 0 Å². The van der Waals surface area contributed by atoms with Crippen molar-refractivity contribution in [3.63, 3.8) is 0 Å². The van der Waals surface area contributed by atoms with Gasteiger partial charge in [-0.2, -0.15) is 0 Å². The van der Waals surface area contributed by atoms with Crippen molar-refractivity contribution in [3.8, 4) is 11.5 Å². The van der Waals surface area contributed by atoms with Crippen LogP contribution in [0.2, 0.25) is 0 Å². The largest absolute Gasteiger partial charge is 0.493 e. The number of ether oxygens (including phenoxy) is 2. The lowest BCUT2D eigenvalue weighted by atomic mass is 10.00. The van der Waals surface area contributed by atoms with Gasteiger partial charge in [0.1, 0.15) is 0 Å². The molecule has 1 fully saturated rings. The molecule has 0 aromatic heterocycles. The zero-order chi connectivity index (χ0) is 16.1. The molecule has 1 aromatic rings. The van der Waals surface area contributed by atoms with Gasteiger partial charge >= 0.3 is 0 Å². The number of nitrogens with zero attached hydrogens (tertiary/aromatic N) is 2. The van der Waals surface area contributed by atoms with Crippen molar-refractivity contribution in [2.45, 2.75) is 25.3 Å². The molecule has 1 amide bonds. The molecule has 0 aliphatic carbocycles. The van der Waals surface area contributed by atoms with Gasteiger partial charge in [0.05, 0.1) is 14.2 Å². The van der Waals surface area contributed by atoms with E-state index in [0.29, 0.717) is 17.1 Å². The average molecular weight is 306 g/mol. The molecule has 0 spiro atoms. The summed E-state index contributed by atoms with van der Waals surface area (Å²) in [7, 11) is 7.28. The normalized spacial score (nSPS) is 18.4. The quantitative estimate of drug-likeness (QED) is 0.837. The highest BCUT2D eigenvalue weighted by Crippen LogP contribution is 2.29. The fourth-order valence-electron chi connectivity index (χ4n) is 3.01. The Kier molecular flexibility index (Phi) is 5.66. The second-order valence-corrected chi connectivity index (χ2v) is 5.98. The van der Waals surface area contributed by atoms with Gasteiger partial charge in [-0.3, -0.25) is 4.79 Å². The summed E-state index contributed by atoms with van der Waals surface area (Å²) in [6, 6.07) is 5.65. The molecule has 0 radical (unpaired) electrons. The van der Waals surface area contributed by atoms with Crippen LogP contribution in [0.3, 0.4) is 0 Å². The van der Waals surface area contributed by atoms with Crippen molar-refractivity contribution in [3.05, 3.63) is 23.8 Å². The van der Waals surface area contributed by atoms with Crippen molar-refractivity contribution in [1.29, 1.82) is 0 Å². The maximum absolute atomic E-state index is 12.9. The first-order chi connectivity index (χ1) is 10.6. The first kappa shape index (κ1) is 16.6. The van der Waals surface area contributed by atoms with Gasteiger partial charge in [0, 0.05) is 24.7 Å². The molecule has 1 aliphatic heterocycles. The number of rotatable bonds is 5. The Hall–Kier alpha value is -1.75. The van der Waals surface area contributed by atoms with E-state index in [1.165, 1.54) is 6.42 Å². The molecule has 1 atom stereocenters. The minimum Gasteiger partial charge on any atom is -0.493 e. The number of hydrogen-bond acceptors (Lipinski definition) is 4. The number of carbonyl (C=O) groups excluding carboxylic acids is 1. The first-order valence-electron chi connectivity index (χ1n) is 7.74. The molecule has 0 N–H and O–H groups in total. The van der Waals surface area contributed by atoms with E-state index in [9.17, 15) is 4.79 Å². The van der Waals surface area contributed by atoms with E-state index in [1.807, 2.05) is 25.1 Å². The van der Waals surface area contributed by atoms with Gasteiger partial charge in [-0.1, -0.05) is 0 Å². The van der Waals surface area contributed by atoms with Crippen LogP contribution in [0.4, 0.5) is 0 Å². The number of likely N-dealkylation sites (N-methyl/N-ethyl adjacent to an activating group) is 1. The summed E-state index contributed by atoms with van der Waals surface area (Å²) >= 11 is 0. The van der Waals surface area contributed by atoms with Gasteiger partial charge in [0.25, 0.3) is 5.91 Å². The minimum atomic E-state index is 0.0764. The molecule has 1 unspecified atom stereocenters. The fraction of sp³-hybridized carbons (Fsp3) is 0.588. The van der Waals surface area contributed by atoms with Crippen LogP contribution in [0, 0.1) is 0 Å². The van der Waals surface area contributed by atoms with E-state index in [4.69, 9.17) is 9.47 Å². The maximum atomic E-state index is 12.9. The molecule has 0 bridgehead atoms. The van der Waals surface area contributed by atoms with Crippen LogP contribution in [-0.2, 0) is 0 Å². The second kappa shape index (κ2) is 7.49. The molecule has 1 heterocycles. The summed E-state index contributed by atoms with van der Waals surface area (Å²) in [4.78, 5) is 17.0. The Labute approximate surface area is 132 Å². The van der Waals surface area contributed by atoms with E-state index in [-0.39, 0.29) is 11.9 Å². The summed E-state index contributed by atoms with van der Waals surface area (Å²) in [6.07, 6.45) is 3.33. The molecule has 5 heteroatoms. The first-order valence-corrected chi connectivity index (χ1v) is 7.74. The number of hydrogen-bond donors (Lipinski definition) is 0. The van der Waals surface area contributed by atoms with Crippen molar-refractivity contribution in [1.82, 2.24) is 9.80 Å². The number of benzene rings is 1. The molecule has 1 aliphatic rings. The molecule has 22 heavy (non-hydrogen) atoms. The Balaban J connectivity index is 2.21.